The number of halogens is 1. The highest BCUT2D eigenvalue weighted by molar-refractivity contribution is 6.17. The van der Waals surface area contributed by atoms with Gasteiger partial charge in [0.15, 0.2) is 0 Å². The molecule has 0 saturated heterocycles. The molecule has 0 fully saturated rings. The average Bonchev–Trinajstić information content (AvgIpc) is 2.35. The zero-order valence-corrected chi connectivity index (χ0v) is 9.91. The second-order valence-electron chi connectivity index (χ2n) is 3.72. The normalized spacial score (nSPS) is 10.6. The molecule has 0 saturated carbocycles. The monoisotopic (exact) mass is 234 g/mol. The van der Waals surface area contributed by atoms with Gasteiger partial charge in [0.2, 0.25) is 0 Å². The minimum Gasteiger partial charge on any atom is -0.493 e. The molecule has 0 unspecified atom stereocenters. The van der Waals surface area contributed by atoms with Gasteiger partial charge in [0.1, 0.15) is 5.75 Å². The second-order valence-corrected chi connectivity index (χ2v) is 4.10. The largest absolute Gasteiger partial charge is 0.493 e. The summed E-state index contributed by atoms with van der Waals surface area (Å²) in [4.78, 5) is 0. The van der Waals surface area contributed by atoms with E-state index in [1.807, 2.05) is 24.3 Å². The molecular weight excluding hydrogens is 220 g/mol. The Morgan fingerprint density at radius 3 is 2.62 bits per heavy atom. The highest BCUT2D eigenvalue weighted by Crippen LogP contribution is 2.25. The van der Waals surface area contributed by atoms with Crippen LogP contribution in [0.15, 0.2) is 42.5 Å². The number of fused-ring (bicyclic) bond motifs is 1. The van der Waals surface area contributed by atoms with Crippen LogP contribution in [-0.4, -0.2) is 12.5 Å². The van der Waals surface area contributed by atoms with E-state index in [2.05, 4.69) is 18.2 Å². The molecule has 2 rings (SSSR count). The van der Waals surface area contributed by atoms with Gasteiger partial charge in [-0.3, -0.25) is 0 Å². The van der Waals surface area contributed by atoms with Gasteiger partial charge in [-0.25, -0.2) is 0 Å². The number of ether oxygens (including phenoxy) is 1. The van der Waals surface area contributed by atoms with Gasteiger partial charge in [0.25, 0.3) is 0 Å². The van der Waals surface area contributed by atoms with E-state index < -0.39 is 0 Å². The van der Waals surface area contributed by atoms with E-state index in [4.69, 9.17) is 16.3 Å². The van der Waals surface area contributed by atoms with Crippen LogP contribution in [0, 0.1) is 0 Å². The molecule has 0 aromatic heterocycles. The van der Waals surface area contributed by atoms with Crippen molar-refractivity contribution in [2.75, 3.05) is 12.5 Å². The fourth-order valence-electron chi connectivity index (χ4n) is 1.70. The summed E-state index contributed by atoms with van der Waals surface area (Å²) in [5.41, 5.74) is 0. The molecule has 16 heavy (non-hydrogen) atoms. The topological polar surface area (TPSA) is 9.23 Å². The summed E-state index contributed by atoms with van der Waals surface area (Å²) < 4.78 is 5.76. The predicted octanol–water partition coefficient (Wildman–Crippen LogP) is 4.24. The van der Waals surface area contributed by atoms with Crippen molar-refractivity contribution in [1.29, 1.82) is 0 Å². The molecule has 84 valence electrons. The van der Waals surface area contributed by atoms with Gasteiger partial charge in [-0.2, -0.15) is 0 Å². The highest BCUT2D eigenvalue weighted by Gasteiger charge is 2.00. The molecule has 0 aliphatic carbocycles. The maximum absolute atomic E-state index is 5.76. The fourth-order valence-corrected chi connectivity index (χ4v) is 1.89. The van der Waals surface area contributed by atoms with Crippen LogP contribution in [0.5, 0.6) is 5.75 Å². The van der Waals surface area contributed by atoms with Gasteiger partial charge in [-0.05, 0) is 24.3 Å². The fraction of sp³-hybridized carbons (Fsp3) is 0.286. The Bertz CT molecular complexity index is 448. The number of hydrogen-bond acceptors (Lipinski definition) is 1. The maximum Gasteiger partial charge on any atom is 0.127 e. The van der Waals surface area contributed by atoms with Gasteiger partial charge in [0, 0.05) is 11.3 Å². The van der Waals surface area contributed by atoms with Crippen LogP contribution in [0.3, 0.4) is 0 Å². The molecule has 2 aromatic rings. The molecule has 0 radical (unpaired) electrons. The van der Waals surface area contributed by atoms with Gasteiger partial charge in [0.05, 0.1) is 6.61 Å². The molecule has 0 amide bonds. The summed E-state index contributed by atoms with van der Waals surface area (Å²) in [5, 5.41) is 2.40. The lowest BCUT2D eigenvalue weighted by atomic mass is 10.1. The van der Waals surface area contributed by atoms with Crippen LogP contribution in [-0.2, 0) is 0 Å². The van der Waals surface area contributed by atoms with E-state index in [0.717, 1.165) is 25.2 Å². The van der Waals surface area contributed by atoms with Gasteiger partial charge >= 0.3 is 0 Å². The van der Waals surface area contributed by atoms with Crippen molar-refractivity contribution in [2.45, 2.75) is 12.8 Å². The highest BCUT2D eigenvalue weighted by atomic mass is 35.5. The van der Waals surface area contributed by atoms with Crippen LogP contribution in [0.2, 0.25) is 0 Å². The Balaban J connectivity index is 2.11. The third kappa shape index (κ3) is 2.67. The van der Waals surface area contributed by atoms with Gasteiger partial charge in [-0.1, -0.05) is 36.4 Å². The summed E-state index contributed by atoms with van der Waals surface area (Å²) in [6, 6.07) is 14.4. The summed E-state index contributed by atoms with van der Waals surface area (Å²) >= 11 is 5.62. The van der Waals surface area contributed by atoms with Crippen molar-refractivity contribution in [1.82, 2.24) is 0 Å². The Hall–Kier alpha value is -1.21. The van der Waals surface area contributed by atoms with Crippen LogP contribution >= 0.6 is 11.6 Å². The molecule has 0 atom stereocenters. The van der Waals surface area contributed by atoms with E-state index >= 15 is 0 Å². The van der Waals surface area contributed by atoms with Crippen LogP contribution in [0.4, 0.5) is 0 Å². The Kier molecular flexibility index (Phi) is 4.06. The molecular formula is C14H15ClO. The van der Waals surface area contributed by atoms with Crippen LogP contribution in [0.1, 0.15) is 12.8 Å². The van der Waals surface area contributed by atoms with Crippen molar-refractivity contribution >= 4 is 22.4 Å². The van der Waals surface area contributed by atoms with Crippen molar-refractivity contribution in [3.05, 3.63) is 42.5 Å². The third-order valence-corrected chi connectivity index (χ3v) is 2.80. The predicted molar refractivity (Wildman–Crippen MR) is 69.4 cm³/mol. The van der Waals surface area contributed by atoms with E-state index in [1.165, 1.54) is 10.8 Å². The Morgan fingerprint density at radius 2 is 1.75 bits per heavy atom. The first-order chi connectivity index (χ1) is 7.92. The first-order valence-corrected chi connectivity index (χ1v) is 6.12. The van der Waals surface area contributed by atoms with E-state index in [9.17, 15) is 0 Å². The van der Waals surface area contributed by atoms with Crippen LogP contribution < -0.4 is 4.74 Å². The first-order valence-electron chi connectivity index (χ1n) is 5.58. The minimum atomic E-state index is 0.707. The SMILES string of the molecule is ClCCCCOc1cccc2ccccc12. The zero-order valence-electron chi connectivity index (χ0n) is 9.16. The van der Waals surface area contributed by atoms with E-state index in [1.54, 1.807) is 0 Å². The zero-order chi connectivity index (χ0) is 11.2. The van der Waals surface area contributed by atoms with Gasteiger partial charge in [-0.15, -0.1) is 11.6 Å². The summed E-state index contributed by atoms with van der Waals surface area (Å²) in [5.74, 6) is 1.67. The summed E-state index contributed by atoms with van der Waals surface area (Å²) in [6.07, 6.45) is 2.01. The van der Waals surface area contributed by atoms with Gasteiger partial charge < -0.3 is 4.74 Å². The first kappa shape index (κ1) is 11.3. The van der Waals surface area contributed by atoms with Crippen LogP contribution in [0.25, 0.3) is 10.8 Å². The van der Waals surface area contributed by atoms with Crippen molar-refractivity contribution in [2.24, 2.45) is 0 Å². The number of unbranched alkanes of at least 4 members (excludes halogenated alkanes) is 1. The van der Waals surface area contributed by atoms with Crippen molar-refractivity contribution in [3.8, 4) is 5.75 Å². The van der Waals surface area contributed by atoms with E-state index in [-0.39, 0.29) is 0 Å². The van der Waals surface area contributed by atoms with Crippen molar-refractivity contribution < 1.29 is 4.74 Å². The molecule has 0 aliphatic rings. The smallest absolute Gasteiger partial charge is 0.127 e. The summed E-state index contributed by atoms with van der Waals surface area (Å²) in [7, 11) is 0. The summed E-state index contributed by atoms with van der Waals surface area (Å²) in [6.45, 7) is 0.737. The Morgan fingerprint density at radius 1 is 0.938 bits per heavy atom. The molecule has 0 N–H and O–H groups in total. The lowest BCUT2D eigenvalue weighted by molar-refractivity contribution is 0.313. The second kappa shape index (κ2) is 5.76. The molecule has 0 aliphatic heterocycles. The lowest BCUT2D eigenvalue weighted by Crippen LogP contribution is -1.97. The van der Waals surface area contributed by atoms with E-state index in [0.29, 0.717) is 5.88 Å². The quantitative estimate of drug-likeness (QED) is 0.556. The standard InChI is InChI=1S/C14H15ClO/c15-10-3-4-11-16-14-9-5-7-12-6-1-2-8-13(12)14/h1-2,5-9H,3-4,10-11H2. The molecule has 0 bridgehead atoms. The van der Waals surface area contributed by atoms with Crippen molar-refractivity contribution in [3.63, 3.8) is 0 Å². The minimum absolute atomic E-state index is 0.707. The molecule has 2 aromatic carbocycles. The third-order valence-electron chi connectivity index (χ3n) is 2.54. The number of benzene rings is 2. The number of alkyl halides is 1. The Labute approximate surface area is 101 Å². The molecule has 2 heteroatoms. The lowest BCUT2D eigenvalue weighted by Gasteiger charge is -2.08. The molecule has 1 nitrogen and oxygen atoms in total. The molecule has 0 heterocycles. The maximum atomic E-state index is 5.76. The molecule has 0 spiro atoms. The number of rotatable bonds is 5. The number of hydrogen-bond donors (Lipinski definition) is 0. The average molecular weight is 235 g/mol.